The largest absolute Gasteiger partial charge is 0.320 e. The van der Waals surface area contributed by atoms with Crippen LogP contribution >= 0.6 is 0 Å². The van der Waals surface area contributed by atoms with Crippen molar-refractivity contribution < 1.29 is 0 Å². The lowest BCUT2D eigenvalue weighted by molar-refractivity contribution is 1.29. The fraction of sp³-hybridized carbons (Fsp3) is 0.0652. The molecule has 246 valence electrons. The highest BCUT2D eigenvalue weighted by Gasteiger charge is 2.28. The molecule has 0 aliphatic carbocycles. The molecule has 8 aromatic rings. The Balaban J connectivity index is 1.47. The number of nitriles is 1. The Bertz CT molecular complexity index is 2740. The van der Waals surface area contributed by atoms with E-state index in [4.69, 9.17) is 13.1 Å². The Morgan fingerprint density at radius 2 is 0.904 bits per heavy atom. The number of rotatable bonds is 7. The third-order valence-electron chi connectivity index (χ3n) is 9.80. The molecule has 0 saturated carbocycles. The van der Waals surface area contributed by atoms with Crippen molar-refractivity contribution >= 4 is 91.1 Å². The molecule has 0 unspecified atom stereocenters. The standard InChI is InChI=1S/C46H33N5Si/c1-48-36-15-7-10-18-41(36)50(38-17-9-6-14-33(38)30-47)39-28-24-31-23-27-35-40(29-25-32-22-26-34(39)45(31)46(32)35)51(42-19-11-8-16-37(42)49-2)43-20-12-13-21-44(43)52(3,4)5/h6-29H,3-5H3. The third kappa shape index (κ3) is 5.21. The minimum Gasteiger partial charge on any atom is -0.320 e. The van der Waals surface area contributed by atoms with Gasteiger partial charge in [0.05, 0.1) is 55.2 Å². The topological polar surface area (TPSA) is 39.0 Å². The van der Waals surface area contributed by atoms with Crippen LogP contribution in [0.4, 0.5) is 45.5 Å². The van der Waals surface area contributed by atoms with E-state index >= 15 is 0 Å². The highest BCUT2D eigenvalue weighted by atomic mass is 28.3. The van der Waals surface area contributed by atoms with Crippen LogP contribution < -0.4 is 15.0 Å². The summed E-state index contributed by atoms with van der Waals surface area (Å²) < 4.78 is 0. The van der Waals surface area contributed by atoms with Gasteiger partial charge in [-0.1, -0.05) is 123 Å². The lowest BCUT2D eigenvalue weighted by atomic mass is 9.91. The van der Waals surface area contributed by atoms with Crippen LogP contribution in [0, 0.1) is 24.5 Å². The summed E-state index contributed by atoms with van der Waals surface area (Å²) >= 11 is 0. The van der Waals surface area contributed by atoms with Gasteiger partial charge >= 0.3 is 0 Å². The second-order valence-corrected chi connectivity index (χ2v) is 18.9. The summed E-state index contributed by atoms with van der Waals surface area (Å²) in [5.74, 6) is 0. The van der Waals surface area contributed by atoms with Crippen LogP contribution in [0.15, 0.2) is 146 Å². The van der Waals surface area contributed by atoms with Gasteiger partial charge in [-0.3, -0.25) is 0 Å². The molecule has 8 rings (SSSR count). The van der Waals surface area contributed by atoms with E-state index in [2.05, 4.69) is 118 Å². The molecule has 0 amide bonds. The maximum absolute atomic E-state index is 10.2. The first-order chi connectivity index (χ1) is 25.3. The van der Waals surface area contributed by atoms with Crippen LogP contribution in [-0.2, 0) is 0 Å². The molecule has 6 heteroatoms. The minimum absolute atomic E-state index is 0.499. The van der Waals surface area contributed by atoms with Crippen molar-refractivity contribution in [2.45, 2.75) is 19.6 Å². The Morgan fingerprint density at radius 1 is 0.481 bits per heavy atom. The van der Waals surface area contributed by atoms with Crippen LogP contribution in [0.2, 0.25) is 19.6 Å². The summed E-state index contributed by atoms with van der Waals surface area (Å²) in [4.78, 5) is 12.2. The average Bonchev–Trinajstić information content (AvgIpc) is 3.18. The third-order valence-corrected chi connectivity index (χ3v) is 11.8. The number of nitrogens with zero attached hydrogens (tertiary/aromatic N) is 5. The molecule has 0 aromatic heterocycles. The summed E-state index contributed by atoms with van der Waals surface area (Å²) in [7, 11) is -1.83. The van der Waals surface area contributed by atoms with E-state index in [-0.39, 0.29) is 0 Å². The second-order valence-electron chi connectivity index (χ2n) is 13.9. The highest BCUT2D eigenvalue weighted by Crippen LogP contribution is 2.50. The van der Waals surface area contributed by atoms with Crippen molar-refractivity contribution in [1.82, 2.24) is 0 Å². The number of para-hydroxylation sites is 6. The molecule has 0 fully saturated rings. The van der Waals surface area contributed by atoms with Crippen molar-refractivity contribution in [3.8, 4) is 6.07 Å². The molecule has 0 heterocycles. The lowest BCUT2D eigenvalue weighted by Crippen LogP contribution is -2.40. The maximum atomic E-state index is 10.2. The van der Waals surface area contributed by atoms with Crippen LogP contribution in [-0.4, -0.2) is 8.07 Å². The van der Waals surface area contributed by atoms with Crippen molar-refractivity contribution in [1.29, 1.82) is 5.26 Å². The van der Waals surface area contributed by atoms with Crippen LogP contribution in [0.5, 0.6) is 0 Å². The van der Waals surface area contributed by atoms with E-state index in [1.807, 2.05) is 72.8 Å². The summed E-state index contributed by atoms with van der Waals surface area (Å²) in [6.45, 7) is 23.3. The molecule has 0 bridgehead atoms. The Labute approximate surface area is 304 Å². The molecule has 8 aromatic carbocycles. The van der Waals surface area contributed by atoms with Crippen molar-refractivity contribution in [3.63, 3.8) is 0 Å². The first kappa shape index (κ1) is 32.3. The van der Waals surface area contributed by atoms with E-state index < -0.39 is 8.07 Å². The van der Waals surface area contributed by atoms with Crippen LogP contribution in [0.25, 0.3) is 42.0 Å². The summed E-state index contributed by atoms with van der Waals surface area (Å²) in [6, 6.07) is 51.3. The Kier molecular flexibility index (Phi) is 7.93. The van der Waals surface area contributed by atoms with Crippen molar-refractivity contribution in [2.24, 2.45) is 0 Å². The number of benzene rings is 8. The van der Waals surface area contributed by atoms with Crippen LogP contribution in [0.3, 0.4) is 0 Å². The zero-order chi connectivity index (χ0) is 36.0. The number of hydrogen-bond acceptors (Lipinski definition) is 3. The molecule has 0 radical (unpaired) electrons. The first-order valence-electron chi connectivity index (χ1n) is 17.2. The van der Waals surface area contributed by atoms with Gasteiger partial charge in [0, 0.05) is 16.5 Å². The van der Waals surface area contributed by atoms with E-state index in [9.17, 15) is 5.26 Å². The molecule has 0 saturated heterocycles. The monoisotopic (exact) mass is 683 g/mol. The number of hydrogen-bond donors (Lipinski definition) is 0. The van der Waals surface area contributed by atoms with Gasteiger partial charge in [-0.05, 0) is 69.2 Å². The molecule has 0 spiro atoms. The van der Waals surface area contributed by atoms with Gasteiger partial charge in [0.1, 0.15) is 6.07 Å². The summed E-state index contributed by atoms with van der Waals surface area (Å²) in [5, 5.41) is 18.1. The quantitative estimate of drug-likeness (QED) is 0.0953. The summed E-state index contributed by atoms with van der Waals surface area (Å²) in [5.41, 5.74) is 6.83. The first-order valence-corrected chi connectivity index (χ1v) is 20.7. The predicted molar refractivity (Wildman–Crippen MR) is 220 cm³/mol. The SMILES string of the molecule is [C-]#[N+]c1ccccc1N(c1ccccc1C#N)c1ccc2ccc3c(N(c4ccccc4[N+]#[C-])c4ccccc4[Si](C)(C)C)ccc4ccc1c2c43. The van der Waals surface area contributed by atoms with Crippen molar-refractivity contribution in [3.05, 3.63) is 174 Å². The van der Waals surface area contributed by atoms with Crippen LogP contribution in [0.1, 0.15) is 5.56 Å². The van der Waals surface area contributed by atoms with E-state index in [0.29, 0.717) is 28.3 Å². The molecule has 52 heavy (non-hydrogen) atoms. The molecular weight excluding hydrogens is 651 g/mol. The number of anilines is 6. The van der Waals surface area contributed by atoms with Gasteiger partial charge in [0.25, 0.3) is 0 Å². The van der Waals surface area contributed by atoms with Gasteiger partial charge in [-0.2, -0.15) is 5.26 Å². The van der Waals surface area contributed by atoms with Crippen molar-refractivity contribution in [2.75, 3.05) is 9.80 Å². The molecule has 0 aliphatic heterocycles. The van der Waals surface area contributed by atoms with Gasteiger partial charge in [-0.15, -0.1) is 0 Å². The molecule has 5 nitrogen and oxygen atoms in total. The molecular formula is C46H33N5Si. The van der Waals surface area contributed by atoms with Gasteiger partial charge in [0.2, 0.25) is 11.4 Å². The van der Waals surface area contributed by atoms with Gasteiger partial charge in [0.15, 0.2) is 0 Å². The predicted octanol–water partition coefficient (Wildman–Crippen LogP) is 13.0. The fourth-order valence-electron chi connectivity index (χ4n) is 7.50. The molecule has 0 N–H and O–H groups in total. The zero-order valence-electron chi connectivity index (χ0n) is 29.1. The second kappa shape index (κ2) is 12.8. The summed E-state index contributed by atoms with van der Waals surface area (Å²) in [6.07, 6.45) is 0. The normalized spacial score (nSPS) is 11.3. The molecule has 0 atom stereocenters. The smallest absolute Gasteiger partial charge is 0.210 e. The van der Waals surface area contributed by atoms with E-state index in [1.165, 1.54) is 5.19 Å². The Morgan fingerprint density at radius 3 is 1.40 bits per heavy atom. The molecule has 0 aliphatic rings. The Hall–Kier alpha value is -6.91. The average molecular weight is 684 g/mol. The van der Waals surface area contributed by atoms with E-state index in [0.717, 1.165) is 55.1 Å². The van der Waals surface area contributed by atoms with E-state index in [1.54, 1.807) is 0 Å². The maximum Gasteiger partial charge on any atom is 0.210 e. The van der Waals surface area contributed by atoms with Gasteiger partial charge < -0.3 is 9.80 Å². The van der Waals surface area contributed by atoms with Gasteiger partial charge in [-0.25, -0.2) is 9.69 Å². The highest BCUT2D eigenvalue weighted by molar-refractivity contribution is 6.89. The lowest BCUT2D eigenvalue weighted by Gasteiger charge is -2.33. The minimum atomic E-state index is -1.83. The fourth-order valence-corrected chi connectivity index (χ4v) is 9.06. The zero-order valence-corrected chi connectivity index (χ0v) is 30.1.